The summed E-state index contributed by atoms with van der Waals surface area (Å²) in [5.41, 5.74) is 1.39. The van der Waals surface area contributed by atoms with Gasteiger partial charge in [0.15, 0.2) is 0 Å². The van der Waals surface area contributed by atoms with Crippen molar-refractivity contribution < 1.29 is 9.90 Å². The zero-order valence-electron chi connectivity index (χ0n) is 7.59. The Hall–Kier alpha value is -1.71. The van der Waals surface area contributed by atoms with E-state index in [4.69, 9.17) is 0 Å². The lowest BCUT2D eigenvalue weighted by Crippen LogP contribution is -2.24. The fraction of sp³-hybridized carbons (Fsp3) is 0.222. The van der Waals surface area contributed by atoms with E-state index in [2.05, 4.69) is 10.6 Å². The van der Waals surface area contributed by atoms with Crippen molar-refractivity contribution in [3.05, 3.63) is 23.8 Å². The predicted molar refractivity (Wildman–Crippen MR) is 50.9 cm³/mol. The molecule has 0 aliphatic heterocycles. The molecule has 2 amide bonds. The lowest BCUT2D eigenvalue weighted by molar-refractivity contribution is 0.254. The molecular formula is C9H12N2O2. The van der Waals surface area contributed by atoms with Crippen molar-refractivity contribution >= 4 is 11.7 Å². The van der Waals surface area contributed by atoms with Gasteiger partial charge in [-0.3, -0.25) is 0 Å². The van der Waals surface area contributed by atoms with E-state index in [0.29, 0.717) is 5.69 Å². The Labute approximate surface area is 76.6 Å². The first-order chi connectivity index (χ1) is 6.13. The van der Waals surface area contributed by atoms with Crippen molar-refractivity contribution in [2.45, 2.75) is 6.92 Å². The normalized spacial score (nSPS) is 9.38. The largest absolute Gasteiger partial charge is 0.508 e. The minimum Gasteiger partial charge on any atom is -0.508 e. The molecule has 0 aromatic heterocycles. The van der Waals surface area contributed by atoms with Gasteiger partial charge < -0.3 is 15.7 Å². The summed E-state index contributed by atoms with van der Waals surface area (Å²) in [5.74, 6) is 0.224. The van der Waals surface area contributed by atoms with Crippen LogP contribution in [0.2, 0.25) is 0 Å². The van der Waals surface area contributed by atoms with E-state index in [9.17, 15) is 9.90 Å². The predicted octanol–water partition coefficient (Wildman–Crippen LogP) is 1.45. The van der Waals surface area contributed by atoms with Gasteiger partial charge in [-0.25, -0.2) is 4.79 Å². The van der Waals surface area contributed by atoms with Crippen molar-refractivity contribution in [3.8, 4) is 5.75 Å². The second-order valence-electron chi connectivity index (χ2n) is 2.71. The van der Waals surface area contributed by atoms with Gasteiger partial charge in [0.25, 0.3) is 0 Å². The molecule has 0 radical (unpaired) electrons. The lowest BCUT2D eigenvalue weighted by atomic mass is 10.2. The van der Waals surface area contributed by atoms with Crippen molar-refractivity contribution in [2.75, 3.05) is 12.4 Å². The molecule has 1 aromatic carbocycles. The quantitative estimate of drug-likeness (QED) is 0.573. The number of anilines is 1. The Morgan fingerprint density at radius 1 is 1.46 bits per heavy atom. The highest BCUT2D eigenvalue weighted by Crippen LogP contribution is 2.19. The molecule has 3 N–H and O–H groups in total. The van der Waals surface area contributed by atoms with E-state index in [1.807, 2.05) is 0 Å². The third-order valence-corrected chi connectivity index (χ3v) is 1.68. The third-order valence-electron chi connectivity index (χ3n) is 1.68. The van der Waals surface area contributed by atoms with Crippen LogP contribution in [-0.2, 0) is 0 Å². The molecule has 0 aliphatic rings. The molecule has 0 spiro atoms. The SMILES string of the molecule is CNC(=O)Nc1ccc(O)c(C)c1. The average molecular weight is 180 g/mol. The molecule has 4 nitrogen and oxygen atoms in total. The Balaban J connectivity index is 2.79. The molecule has 70 valence electrons. The fourth-order valence-electron chi connectivity index (χ4n) is 0.927. The topological polar surface area (TPSA) is 61.4 Å². The summed E-state index contributed by atoms with van der Waals surface area (Å²) in [6.07, 6.45) is 0. The van der Waals surface area contributed by atoms with Gasteiger partial charge in [0.1, 0.15) is 5.75 Å². The van der Waals surface area contributed by atoms with E-state index in [1.165, 1.54) is 0 Å². The highest BCUT2D eigenvalue weighted by Gasteiger charge is 2.00. The van der Waals surface area contributed by atoms with Gasteiger partial charge in [0.05, 0.1) is 0 Å². The fourth-order valence-corrected chi connectivity index (χ4v) is 0.927. The Morgan fingerprint density at radius 2 is 2.15 bits per heavy atom. The van der Waals surface area contributed by atoms with Gasteiger partial charge in [0.2, 0.25) is 0 Å². The Bertz CT molecular complexity index is 323. The van der Waals surface area contributed by atoms with E-state index in [1.54, 1.807) is 32.2 Å². The number of nitrogens with one attached hydrogen (secondary N) is 2. The lowest BCUT2D eigenvalue weighted by Gasteiger charge is -2.05. The van der Waals surface area contributed by atoms with Crippen molar-refractivity contribution in [3.63, 3.8) is 0 Å². The van der Waals surface area contributed by atoms with Gasteiger partial charge >= 0.3 is 6.03 Å². The second-order valence-corrected chi connectivity index (χ2v) is 2.71. The molecule has 0 unspecified atom stereocenters. The van der Waals surface area contributed by atoms with Crippen molar-refractivity contribution in [1.29, 1.82) is 0 Å². The van der Waals surface area contributed by atoms with Crippen LogP contribution in [0.1, 0.15) is 5.56 Å². The number of carbonyl (C=O) groups excluding carboxylic acids is 1. The van der Waals surface area contributed by atoms with E-state index < -0.39 is 0 Å². The van der Waals surface area contributed by atoms with E-state index in [0.717, 1.165) is 5.56 Å². The summed E-state index contributed by atoms with van der Waals surface area (Å²) < 4.78 is 0. The summed E-state index contributed by atoms with van der Waals surface area (Å²) in [6.45, 7) is 1.77. The maximum Gasteiger partial charge on any atom is 0.318 e. The summed E-state index contributed by atoms with van der Waals surface area (Å²) in [6, 6.07) is 4.60. The third kappa shape index (κ3) is 2.37. The first-order valence-electron chi connectivity index (χ1n) is 3.92. The molecule has 0 atom stereocenters. The number of amides is 2. The van der Waals surface area contributed by atoms with Crippen LogP contribution in [0.3, 0.4) is 0 Å². The number of carbonyl (C=O) groups is 1. The summed E-state index contributed by atoms with van der Waals surface area (Å²) in [5, 5.41) is 14.2. The number of aryl methyl sites for hydroxylation is 1. The molecule has 0 aliphatic carbocycles. The van der Waals surface area contributed by atoms with Gasteiger partial charge in [-0.1, -0.05) is 0 Å². The second kappa shape index (κ2) is 3.80. The smallest absolute Gasteiger partial charge is 0.318 e. The molecular weight excluding hydrogens is 168 g/mol. The Kier molecular flexibility index (Phi) is 2.74. The van der Waals surface area contributed by atoms with E-state index in [-0.39, 0.29) is 11.8 Å². The number of benzene rings is 1. The number of phenols is 1. The van der Waals surface area contributed by atoms with Crippen LogP contribution in [0.5, 0.6) is 5.75 Å². The Morgan fingerprint density at radius 3 is 2.69 bits per heavy atom. The molecule has 4 heteroatoms. The number of urea groups is 1. The first kappa shape index (κ1) is 9.38. The monoisotopic (exact) mass is 180 g/mol. The molecule has 0 fully saturated rings. The number of rotatable bonds is 1. The first-order valence-corrected chi connectivity index (χ1v) is 3.92. The maximum atomic E-state index is 10.9. The molecule has 0 saturated carbocycles. The van der Waals surface area contributed by atoms with Crippen LogP contribution in [0, 0.1) is 6.92 Å². The van der Waals surface area contributed by atoms with Gasteiger partial charge in [-0.2, -0.15) is 0 Å². The van der Waals surface area contributed by atoms with Crippen LogP contribution in [0.25, 0.3) is 0 Å². The van der Waals surface area contributed by atoms with E-state index >= 15 is 0 Å². The summed E-state index contributed by atoms with van der Waals surface area (Å²) in [4.78, 5) is 10.9. The van der Waals surface area contributed by atoms with Crippen molar-refractivity contribution in [1.82, 2.24) is 5.32 Å². The number of phenolic OH excluding ortho intramolecular Hbond substituents is 1. The molecule has 1 rings (SSSR count). The minimum absolute atomic E-state index is 0.224. The zero-order valence-corrected chi connectivity index (χ0v) is 7.59. The van der Waals surface area contributed by atoms with Gasteiger partial charge in [0, 0.05) is 12.7 Å². The molecule has 13 heavy (non-hydrogen) atoms. The van der Waals surface area contributed by atoms with Gasteiger partial charge in [-0.15, -0.1) is 0 Å². The van der Waals surface area contributed by atoms with Crippen LogP contribution in [0.4, 0.5) is 10.5 Å². The maximum absolute atomic E-state index is 10.9. The van der Waals surface area contributed by atoms with Gasteiger partial charge in [-0.05, 0) is 30.7 Å². The number of hydrogen-bond donors (Lipinski definition) is 3. The molecule has 0 bridgehead atoms. The summed E-state index contributed by atoms with van der Waals surface area (Å²) in [7, 11) is 1.54. The highest BCUT2D eigenvalue weighted by molar-refractivity contribution is 5.89. The molecule has 0 heterocycles. The van der Waals surface area contributed by atoms with Crippen LogP contribution < -0.4 is 10.6 Å². The highest BCUT2D eigenvalue weighted by atomic mass is 16.3. The van der Waals surface area contributed by atoms with Crippen LogP contribution in [-0.4, -0.2) is 18.2 Å². The average Bonchev–Trinajstić information content (AvgIpc) is 2.11. The van der Waals surface area contributed by atoms with Crippen LogP contribution >= 0.6 is 0 Å². The number of aromatic hydroxyl groups is 1. The summed E-state index contributed by atoms with van der Waals surface area (Å²) >= 11 is 0. The standard InChI is InChI=1S/C9H12N2O2/c1-6-5-7(3-4-8(6)12)11-9(13)10-2/h3-5,12H,1-2H3,(H2,10,11,13). The van der Waals surface area contributed by atoms with Crippen molar-refractivity contribution in [2.24, 2.45) is 0 Å². The van der Waals surface area contributed by atoms with Crippen LogP contribution in [0.15, 0.2) is 18.2 Å². The number of hydrogen-bond acceptors (Lipinski definition) is 2. The minimum atomic E-state index is -0.273. The molecule has 1 aromatic rings. The molecule has 0 saturated heterocycles. The zero-order chi connectivity index (χ0) is 9.84.